The molecule has 1 rings (SSSR count). The second-order valence-corrected chi connectivity index (χ2v) is 5.16. The molecule has 0 saturated carbocycles. The van der Waals surface area contributed by atoms with Crippen LogP contribution in [0.5, 0.6) is 0 Å². The molecule has 1 aliphatic heterocycles. The number of hydrogen-bond acceptors (Lipinski definition) is 2. The van der Waals surface area contributed by atoms with Crippen molar-refractivity contribution in [2.75, 3.05) is 6.79 Å². The molecule has 0 bridgehead atoms. The third-order valence-electron chi connectivity index (χ3n) is 4.21. The molecule has 0 N–H and O–H groups in total. The van der Waals surface area contributed by atoms with Gasteiger partial charge in [-0.15, -0.1) is 0 Å². The molecule has 1 heterocycles. The largest absolute Gasteiger partial charge is 0.472 e. The van der Waals surface area contributed by atoms with Crippen molar-refractivity contribution in [2.24, 2.45) is 11.8 Å². The predicted octanol–water partition coefficient (Wildman–Crippen LogP) is 4.51. The molecule has 0 amide bonds. The molecule has 2 heteroatoms. The van der Waals surface area contributed by atoms with E-state index in [-0.39, 0.29) is 5.60 Å². The average molecular weight is 240 g/mol. The second kappa shape index (κ2) is 6.44. The zero-order valence-electron chi connectivity index (χ0n) is 12.1. The summed E-state index contributed by atoms with van der Waals surface area (Å²) >= 11 is 0. The molecule has 100 valence electrons. The van der Waals surface area contributed by atoms with E-state index in [0.717, 1.165) is 31.4 Å². The van der Waals surface area contributed by atoms with Crippen LogP contribution < -0.4 is 0 Å². The maximum Gasteiger partial charge on any atom is 0.189 e. The van der Waals surface area contributed by atoms with E-state index in [9.17, 15) is 0 Å². The minimum Gasteiger partial charge on any atom is -0.472 e. The van der Waals surface area contributed by atoms with Crippen LogP contribution in [-0.4, -0.2) is 12.4 Å². The van der Waals surface area contributed by atoms with Crippen LogP contribution in [0.15, 0.2) is 11.8 Å². The zero-order chi connectivity index (χ0) is 12.9. The van der Waals surface area contributed by atoms with Crippen molar-refractivity contribution < 1.29 is 9.47 Å². The maximum absolute atomic E-state index is 5.88. The van der Waals surface area contributed by atoms with Crippen LogP contribution in [0.3, 0.4) is 0 Å². The summed E-state index contributed by atoms with van der Waals surface area (Å²) in [5, 5.41) is 0. The van der Waals surface area contributed by atoms with E-state index in [1.807, 2.05) is 0 Å². The van der Waals surface area contributed by atoms with E-state index in [1.54, 1.807) is 0 Å². The van der Waals surface area contributed by atoms with Crippen LogP contribution in [0.25, 0.3) is 0 Å². The summed E-state index contributed by atoms with van der Waals surface area (Å²) in [5.74, 6) is 2.28. The zero-order valence-corrected chi connectivity index (χ0v) is 12.1. The lowest BCUT2D eigenvalue weighted by atomic mass is 9.82. The van der Waals surface area contributed by atoms with Crippen LogP contribution in [0, 0.1) is 11.8 Å². The molecule has 1 atom stereocenters. The maximum atomic E-state index is 5.88. The number of hydrogen-bond donors (Lipinski definition) is 0. The molecule has 17 heavy (non-hydrogen) atoms. The van der Waals surface area contributed by atoms with Gasteiger partial charge in [0.05, 0.1) is 5.60 Å². The first-order chi connectivity index (χ1) is 8.11. The van der Waals surface area contributed by atoms with Gasteiger partial charge in [-0.1, -0.05) is 40.5 Å². The molecule has 0 fully saturated rings. The molecule has 1 unspecified atom stereocenters. The molecule has 0 aliphatic carbocycles. The highest BCUT2D eigenvalue weighted by atomic mass is 16.7. The van der Waals surface area contributed by atoms with Crippen LogP contribution in [0.4, 0.5) is 0 Å². The Morgan fingerprint density at radius 2 is 1.71 bits per heavy atom. The molecule has 0 aromatic carbocycles. The summed E-state index contributed by atoms with van der Waals surface area (Å²) in [6, 6.07) is 0. The van der Waals surface area contributed by atoms with Gasteiger partial charge in [0.15, 0.2) is 6.79 Å². The van der Waals surface area contributed by atoms with Crippen molar-refractivity contribution in [1.29, 1.82) is 0 Å². The molecular formula is C15H28O2. The van der Waals surface area contributed by atoms with E-state index >= 15 is 0 Å². The van der Waals surface area contributed by atoms with Gasteiger partial charge in [-0.2, -0.15) is 0 Å². The Balaban J connectivity index is 2.90. The van der Waals surface area contributed by atoms with Gasteiger partial charge in [0.2, 0.25) is 0 Å². The lowest BCUT2D eigenvalue weighted by Crippen LogP contribution is -2.40. The molecule has 0 spiro atoms. The van der Waals surface area contributed by atoms with E-state index in [1.165, 1.54) is 0 Å². The lowest BCUT2D eigenvalue weighted by Gasteiger charge is -2.39. The Morgan fingerprint density at radius 3 is 2.18 bits per heavy atom. The SMILES string of the molecule is CCC(CC)C1=CC(C)(C(CC)CC)OCO1. The highest BCUT2D eigenvalue weighted by Gasteiger charge is 2.35. The van der Waals surface area contributed by atoms with E-state index in [0.29, 0.717) is 18.6 Å². The summed E-state index contributed by atoms with van der Waals surface area (Å²) in [6.45, 7) is 11.5. The van der Waals surface area contributed by atoms with Gasteiger partial charge in [0, 0.05) is 5.92 Å². The van der Waals surface area contributed by atoms with Crippen molar-refractivity contribution in [2.45, 2.75) is 65.9 Å². The molecule has 2 nitrogen and oxygen atoms in total. The fourth-order valence-electron chi connectivity index (χ4n) is 2.85. The summed E-state index contributed by atoms with van der Waals surface area (Å²) in [5.41, 5.74) is -0.139. The van der Waals surface area contributed by atoms with Crippen molar-refractivity contribution in [3.63, 3.8) is 0 Å². The Hall–Kier alpha value is -0.500. The quantitative estimate of drug-likeness (QED) is 0.680. The Morgan fingerprint density at radius 1 is 1.12 bits per heavy atom. The molecule has 0 radical (unpaired) electrons. The fraction of sp³-hybridized carbons (Fsp3) is 0.867. The molecular weight excluding hydrogens is 212 g/mol. The highest BCUT2D eigenvalue weighted by Crippen LogP contribution is 2.36. The minimum atomic E-state index is -0.139. The van der Waals surface area contributed by atoms with Crippen LogP contribution in [0.2, 0.25) is 0 Å². The predicted molar refractivity (Wildman–Crippen MR) is 71.7 cm³/mol. The first kappa shape index (κ1) is 14.6. The van der Waals surface area contributed by atoms with Gasteiger partial charge in [-0.05, 0) is 31.8 Å². The lowest BCUT2D eigenvalue weighted by molar-refractivity contribution is -0.146. The van der Waals surface area contributed by atoms with Crippen molar-refractivity contribution in [3.05, 3.63) is 11.8 Å². The van der Waals surface area contributed by atoms with Crippen molar-refractivity contribution in [1.82, 2.24) is 0 Å². The smallest absolute Gasteiger partial charge is 0.189 e. The first-order valence-corrected chi connectivity index (χ1v) is 7.10. The third-order valence-corrected chi connectivity index (χ3v) is 4.21. The molecule has 1 aliphatic rings. The number of ether oxygens (including phenoxy) is 2. The van der Waals surface area contributed by atoms with Crippen LogP contribution in [0.1, 0.15) is 60.3 Å². The van der Waals surface area contributed by atoms with E-state index in [2.05, 4.69) is 40.7 Å². The average Bonchev–Trinajstić information content (AvgIpc) is 2.32. The monoisotopic (exact) mass is 240 g/mol. The number of allylic oxidation sites excluding steroid dienone is 1. The normalized spacial score (nSPS) is 25.0. The van der Waals surface area contributed by atoms with Gasteiger partial charge in [0.1, 0.15) is 5.76 Å². The van der Waals surface area contributed by atoms with Crippen LogP contribution >= 0.6 is 0 Å². The summed E-state index contributed by atoms with van der Waals surface area (Å²) in [7, 11) is 0. The van der Waals surface area contributed by atoms with E-state index in [4.69, 9.17) is 9.47 Å². The van der Waals surface area contributed by atoms with Gasteiger partial charge >= 0.3 is 0 Å². The third kappa shape index (κ3) is 3.25. The Kier molecular flexibility index (Phi) is 5.51. The Labute approximate surface area is 106 Å². The first-order valence-electron chi connectivity index (χ1n) is 7.10. The Bertz CT molecular complexity index is 252. The molecule has 0 aromatic heterocycles. The summed E-state index contributed by atoms with van der Waals surface area (Å²) in [6.07, 6.45) is 6.83. The summed E-state index contributed by atoms with van der Waals surface area (Å²) < 4.78 is 11.6. The van der Waals surface area contributed by atoms with Gasteiger partial charge in [-0.25, -0.2) is 0 Å². The minimum absolute atomic E-state index is 0.139. The molecule has 0 saturated heterocycles. The van der Waals surface area contributed by atoms with Gasteiger partial charge in [0.25, 0.3) is 0 Å². The highest BCUT2D eigenvalue weighted by molar-refractivity contribution is 5.12. The molecule has 0 aromatic rings. The van der Waals surface area contributed by atoms with Gasteiger partial charge < -0.3 is 9.47 Å². The fourth-order valence-corrected chi connectivity index (χ4v) is 2.85. The van der Waals surface area contributed by atoms with Gasteiger partial charge in [-0.3, -0.25) is 0 Å². The topological polar surface area (TPSA) is 18.5 Å². The summed E-state index contributed by atoms with van der Waals surface area (Å²) in [4.78, 5) is 0. The van der Waals surface area contributed by atoms with Crippen molar-refractivity contribution >= 4 is 0 Å². The standard InChI is InChI=1S/C15H28O2/c1-6-12(7-2)14-10-15(5,17-11-16-14)13(8-3)9-4/h10,12-13H,6-9,11H2,1-5H3. The second-order valence-electron chi connectivity index (χ2n) is 5.16. The van der Waals surface area contributed by atoms with Crippen LogP contribution in [-0.2, 0) is 9.47 Å². The number of rotatable bonds is 6. The van der Waals surface area contributed by atoms with E-state index < -0.39 is 0 Å². The van der Waals surface area contributed by atoms with Crippen molar-refractivity contribution in [3.8, 4) is 0 Å².